The van der Waals surface area contributed by atoms with Gasteiger partial charge >= 0.3 is 0 Å². The van der Waals surface area contributed by atoms with Gasteiger partial charge < -0.3 is 0 Å². The molecule has 0 aliphatic rings. The first-order valence-corrected chi connectivity index (χ1v) is 2.25. The minimum Gasteiger partial charge on any atom is -0.272 e. The van der Waals surface area contributed by atoms with E-state index >= 15 is 0 Å². The van der Waals surface area contributed by atoms with Gasteiger partial charge in [0, 0.05) is 6.20 Å². The molecule has 0 saturated carbocycles. The van der Waals surface area contributed by atoms with Crippen LogP contribution in [0.4, 0.5) is 0 Å². The van der Waals surface area contributed by atoms with Crippen LogP contribution < -0.4 is 0 Å². The molecule has 0 aromatic carbocycles. The summed E-state index contributed by atoms with van der Waals surface area (Å²) in [5, 5.41) is 0. The van der Waals surface area contributed by atoms with E-state index in [1.54, 1.807) is 18.4 Å². The van der Waals surface area contributed by atoms with E-state index in [4.69, 9.17) is 0 Å². The van der Waals surface area contributed by atoms with Crippen molar-refractivity contribution in [2.75, 3.05) is 0 Å². The Balaban J connectivity index is 3.69. The van der Waals surface area contributed by atoms with Gasteiger partial charge in [0.05, 0.1) is 0 Å². The van der Waals surface area contributed by atoms with Crippen molar-refractivity contribution in [1.29, 1.82) is 0 Å². The monoisotopic (exact) mass is 107 g/mol. The predicted octanol–water partition coefficient (Wildman–Crippen LogP) is 1.94. The summed E-state index contributed by atoms with van der Waals surface area (Å²) in [7, 11) is 0. The highest BCUT2D eigenvalue weighted by Gasteiger charge is 1.71. The van der Waals surface area contributed by atoms with E-state index in [9.17, 15) is 0 Å². The van der Waals surface area contributed by atoms with Crippen LogP contribution in [-0.4, -0.2) is 6.72 Å². The van der Waals surface area contributed by atoms with Gasteiger partial charge in [-0.05, 0) is 18.4 Å². The van der Waals surface area contributed by atoms with Crippen molar-refractivity contribution in [3.05, 3.63) is 37.1 Å². The van der Waals surface area contributed by atoms with Crippen LogP contribution in [0.1, 0.15) is 0 Å². The number of hydrogen-bond donors (Lipinski definition) is 0. The maximum absolute atomic E-state index is 3.62. The first-order chi connectivity index (χ1) is 3.81. The van der Waals surface area contributed by atoms with Gasteiger partial charge in [-0.3, -0.25) is 4.99 Å². The average molecular weight is 107 g/mol. The Morgan fingerprint density at radius 1 is 1.50 bits per heavy atom. The molecule has 0 fully saturated rings. The summed E-state index contributed by atoms with van der Waals surface area (Å²) < 4.78 is 0. The van der Waals surface area contributed by atoms with E-state index in [2.05, 4.69) is 24.9 Å². The summed E-state index contributed by atoms with van der Waals surface area (Å²) in [5.74, 6) is 0. The minimum atomic E-state index is 0.845. The fourth-order valence-corrected chi connectivity index (χ4v) is 0.216. The maximum atomic E-state index is 3.62. The molecule has 0 atom stereocenters. The molecular weight excluding hydrogens is 98.1 g/mol. The van der Waals surface area contributed by atoms with Gasteiger partial charge in [-0.1, -0.05) is 19.2 Å². The molecule has 1 heteroatoms. The zero-order valence-electron chi connectivity index (χ0n) is 4.80. The summed E-state index contributed by atoms with van der Waals surface area (Å²) in [5.41, 5.74) is 0.845. The predicted molar refractivity (Wildman–Crippen MR) is 38.0 cm³/mol. The summed E-state index contributed by atoms with van der Waals surface area (Å²) in [6.07, 6.45) is 4.96. The van der Waals surface area contributed by atoms with Crippen molar-refractivity contribution < 1.29 is 0 Å². The second-order valence-electron chi connectivity index (χ2n) is 1.28. The molecule has 42 valence electrons. The van der Waals surface area contributed by atoms with Crippen molar-refractivity contribution in [1.82, 2.24) is 0 Å². The van der Waals surface area contributed by atoms with Crippen LogP contribution in [-0.2, 0) is 0 Å². The molecule has 0 spiro atoms. The van der Waals surface area contributed by atoms with Gasteiger partial charge in [-0.2, -0.15) is 0 Å². The van der Waals surface area contributed by atoms with E-state index in [1.807, 2.05) is 0 Å². The summed E-state index contributed by atoms with van der Waals surface area (Å²) in [6.45, 7) is 10.4. The van der Waals surface area contributed by atoms with Crippen molar-refractivity contribution in [3.8, 4) is 0 Å². The Kier molecular flexibility index (Phi) is 3.50. The molecule has 0 heterocycles. The first kappa shape index (κ1) is 6.89. The molecule has 8 heavy (non-hydrogen) atoms. The lowest BCUT2D eigenvalue weighted by atomic mass is 10.3. The highest BCUT2D eigenvalue weighted by atomic mass is 14.6. The Morgan fingerprint density at radius 2 is 2.12 bits per heavy atom. The molecule has 0 saturated heterocycles. The fourth-order valence-electron chi connectivity index (χ4n) is 0.216. The second-order valence-corrected chi connectivity index (χ2v) is 1.28. The molecule has 0 aliphatic heterocycles. The van der Waals surface area contributed by atoms with Crippen LogP contribution in [0.25, 0.3) is 0 Å². The largest absolute Gasteiger partial charge is 0.272 e. The molecule has 0 bridgehead atoms. The van der Waals surface area contributed by atoms with E-state index in [0.29, 0.717) is 0 Å². The molecule has 0 aromatic heterocycles. The van der Waals surface area contributed by atoms with Gasteiger partial charge in [0.15, 0.2) is 0 Å². The van der Waals surface area contributed by atoms with E-state index < -0.39 is 0 Å². The third kappa shape index (κ3) is 3.09. The molecule has 0 unspecified atom stereocenters. The zero-order chi connectivity index (χ0) is 6.41. The Labute approximate surface area is 49.8 Å². The third-order valence-corrected chi connectivity index (χ3v) is 0.656. The Hall–Kier alpha value is -1.11. The normalized spacial score (nSPS) is 9.00. The summed E-state index contributed by atoms with van der Waals surface area (Å²) >= 11 is 0. The number of rotatable bonds is 3. The Bertz CT molecular complexity index is 131. The van der Waals surface area contributed by atoms with Crippen LogP contribution >= 0.6 is 0 Å². The fraction of sp³-hybridized carbons (Fsp3) is 0. The average Bonchev–Trinajstić information content (AvgIpc) is 1.83. The quantitative estimate of drug-likeness (QED) is 0.386. The van der Waals surface area contributed by atoms with Crippen molar-refractivity contribution in [2.45, 2.75) is 0 Å². The van der Waals surface area contributed by atoms with Crippen LogP contribution in [0.15, 0.2) is 42.1 Å². The van der Waals surface area contributed by atoms with E-state index in [1.165, 1.54) is 0 Å². The second kappa shape index (κ2) is 4.06. The number of aliphatic imine (C=N–C) groups is 1. The molecular formula is C7H9N. The van der Waals surface area contributed by atoms with E-state index in [0.717, 1.165) is 5.57 Å². The Morgan fingerprint density at radius 3 is 2.50 bits per heavy atom. The minimum absolute atomic E-state index is 0.845. The molecule has 0 amide bonds. The zero-order valence-corrected chi connectivity index (χ0v) is 4.80. The summed E-state index contributed by atoms with van der Waals surface area (Å²) in [4.78, 5) is 3.48. The van der Waals surface area contributed by atoms with Crippen molar-refractivity contribution in [3.63, 3.8) is 0 Å². The van der Waals surface area contributed by atoms with Gasteiger partial charge in [-0.25, -0.2) is 0 Å². The molecule has 1 nitrogen and oxygen atoms in total. The lowest BCUT2D eigenvalue weighted by molar-refractivity contribution is 1.58. The first-order valence-electron chi connectivity index (χ1n) is 2.25. The smallest absolute Gasteiger partial charge is 0.0266 e. The number of hydrogen-bond acceptors (Lipinski definition) is 1. The summed E-state index contributed by atoms with van der Waals surface area (Å²) in [6, 6.07) is 0. The molecule has 0 N–H and O–H groups in total. The van der Waals surface area contributed by atoms with Crippen LogP contribution in [0.5, 0.6) is 0 Å². The van der Waals surface area contributed by atoms with Crippen molar-refractivity contribution in [2.24, 2.45) is 4.99 Å². The van der Waals surface area contributed by atoms with Crippen LogP contribution in [0, 0.1) is 0 Å². The van der Waals surface area contributed by atoms with E-state index in [-0.39, 0.29) is 0 Å². The molecule has 0 rings (SSSR count). The standard InChI is InChI=1S/C7H9N/c1-4-7(2)5-6-8-3/h4-6H,1-3H2/b6-5-. The van der Waals surface area contributed by atoms with Crippen LogP contribution in [0.2, 0.25) is 0 Å². The molecule has 0 aliphatic carbocycles. The van der Waals surface area contributed by atoms with Gasteiger partial charge in [0.1, 0.15) is 0 Å². The van der Waals surface area contributed by atoms with Crippen molar-refractivity contribution >= 4 is 6.72 Å². The SMILES string of the molecule is C=CC(=C)/C=C\N=C. The lowest BCUT2D eigenvalue weighted by Gasteiger charge is -1.80. The number of allylic oxidation sites excluding steroid dienone is 3. The highest BCUT2D eigenvalue weighted by molar-refractivity contribution is 5.30. The molecule has 0 aromatic rings. The van der Waals surface area contributed by atoms with Gasteiger partial charge in [0.2, 0.25) is 0 Å². The molecule has 0 radical (unpaired) electrons. The maximum Gasteiger partial charge on any atom is 0.0266 e. The van der Waals surface area contributed by atoms with Gasteiger partial charge in [0.25, 0.3) is 0 Å². The number of nitrogens with zero attached hydrogens (tertiary/aromatic N) is 1. The topological polar surface area (TPSA) is 12.4 Å². The lowest BCUT2D eigenvalue weighted by Crippen LogP contribution is -1.60. The van der Waals surface area contributed by atoms with Crippen LogP contribution in [0.3, 0.4) is 0 Å². The van der Waals surface area contributed by atoms with Gasteiger partial charge in [-0.15, -0.1) is 0 Å². The third-order valence-electron chi connectivity index (χ3n) is 0.656. The highest BCUT2D eigenvalue weighted by Crippen LogP contribution is 1.91.